The number of hydrogen-bond donors (Lipinski definition) is 0. The number of carbonyl (C=O) groups excluding carboxylic acids is 1. The summed E-state index contributed by atoms with van der Waals surface area (Å²) >= 11 is 0. The third-order valence-electron chi connectivity index (χ3n) is 2.16. The Morgan fingerprint density at radius 2 is 1.86 bits per heavy atom. The third-order valence-corrected chi connectivity index (χ3v) is 2.16. The molecule has 0 amide bonds. The van der Waals surface area contributed by atoms with Crippen LogP contribution in [0.3, 0.4) is 0 Å². The molecule has 0 spiro atoms. The summed E-state index contributed by atoms with van der Waals surface area (Å²) in [5.41, 5.74) is 1.90. The van der Waals surface area contributed by atoms with E-state index < -0.39 is 5.97 Å². The van der Waals surface area contributed by atoms with Crippen LogP contribution in [0, 0.1) is 0 Å². The molecule has 0 fully saturated rings. The van der Waals surface area contributed by atoms with E-state index in [1.54, 1.807) is 0 Å². The maximum Gasteiger partial charge on any atom is 0.0458 e. The lowest BCUT2D eigenvalue weighted by atomic mass is 9.83. The monoisotopic (exact) mass is 191 g/mol. The first-order valence-electron chi connectivity index (χ1n) is 4.69. The molecule has 0 saturated carbocycles. The average molecular weight is 191 g/mol. The van der Waals surface area contributed by atoms with E-state index in [4.69, 9.17) is 0 Å². The minimum atomic E-state index is -1.03. The van der Waals surface area contributed by atoms with E-state index in [9.17, 15) is 9.90 Å². The number of hydrogen-bond acceptors (Lipinski definition) is 2. The molecule has 1 rings (SSSR count). The second kappa shape index (κ2) is 3.82. The van der Waals surface area contributed by atoms with Crippen molar-refractivity contribution in [1.82, 2.24) is 0 Å². The maximum atomic E-state index is 10.5. The first kappa shape index (κ1) is 10.8. The third kappa shape index (κ3) is 2.59. The first-order valence-corrected chi connectivity index (χ1v) is 4.69. The molecule has 0 unspecified atom stereocenters. The van der Waals surface area contributed by atoms with Gasteiger partial charge in [0, 0.05) is 12.4 Å². The SMILES string of the molecule is CC(C)(C)c1ccccc1CC(=O)[O-]. The smallest absolute Gasteiger partial charge is 0.0458 e. The largest absolute Gasteiger partial charge is 0.550 e. The van der Waals surface area contributed by atoms with Crippen LogP contribution in [0.2, 0.25) is 0 Å². The molecular weight excluding hydrogens is 176 g/mol. The van der Waals surface area contributed by atoms with E-state index in [0.29, 0.717) is 0 Å². The quantitative estimate of drug-likeness (QED) is 0.706. The van der Waals surface area contributed by atoms with E-state index >= 15 is 0 Å². The highest BCUT2D eigenvalue weighted by molar-refractivity contribution is 5.68. The number of carboxylic acid groups (broad SMARTS) is 1. The highest BCUT2D eigenvalue weighted by Crippen LogP contribution is 2.25. The van der Waals surface area contributed by atoms with Gasteiger partial charge in [0.15, 0.2) is 0 Å². The Bertz CT molecular complexity index is 334. The van der Waals surface area contributed by atoms with Crippen LogP contribution in [0.1, 0.15) is 31.9 Å². The Morgan fingerprint density at radius 3 is 2.36 bits per heavy atom. The van der Waals surface area contributed by atoms with Gasteiger partial charge in [-0.25, -0.2) is 0 Å². The van der Waals surface area contributed by atoms with E-state index in [2.05, 4.69) is 20.8 Å². The van der Waals surface area contributed by atoms with Gasteiger partial charge >= 0.3 is 0 Å². The van der Waals surface area contributed by atoms with Crippen LogP contribution in [0.25, 0.3) is 0 Å². The molecule has 2 heteroatoms. The van der Waals surface area contributed by atoms with Gasteiger partial charge in [-0.2, -0.15) is 0 Å². The summed E-state index contributed by atoms with van der Waals surface area (Å²) in [6.07, 6.45) is -0.00650. The molecule has 0 heterocycles. The Hall–Kier alpha value is -1.31. The van der Waals surface area contributed by atoms with Gasteiger partial charge in [0.05, 0.1) is 0 Å². The fraction of sp³-hybridized carbons (Fsp3) is 0.417. The van der Waals surface area contributed by atoms with E-state index in [1.807, 2.05) is 24.3 Å². The Morgan fingerprint density at radius 1 is 1.29 bits per heavy atom. The zero-order valence-electron chi connectivity index (χ0n) is 8.83. The minimum absolute atomic E-state index is 0.00650. The van der Waals surface area contributed by atoms with Crippen molar-refractivity contribution in [3.63, 3.8) is 0 Å². The van der Waals surface area contributed by atoms with Gasteiger partial charge in [-0.1, -0.05) is 45.0 Å². The Kier molecular flexibility index (Phi) is 2.94. The number of benzene rings is 1. The molecule has 0 radical (unpaired) electrons. The summed E-state index contributed by atoms with van der Waals surface area (Å²) in [7, 11) is 0. The van der Waals surface area contributed by atoms with Crippen LogP contribution in [-0.2, 0) is 16.6 Å². The van der Waals surface area contributed by atoms with E-state index in [0.717, 1.165) is 11.1 Å². The fourth-order valence-electron chi connectivity index (χ4n) is 1.56. The summed E-state index contributed by atoms with van der Waals surface area (Å²) < 4.78 is 0. The van der Waals surface area contributed by atoms with Crippen LogP contribution in [0.5, 0.6) is 0 Å². The molecule has 0 aliphatic carbocycles. The lowest BCUT2D eigenvalue weighted by Crippen LogP contribution is -2.26. The molecule has 1 aromatic carbocycles. The summed E-state index contributed by atoms with van der Waals surface area (Å²) in [5, 5.41) is 10.5. The minimum Gasteiger partial charge on any atom is -0.550 e. The highest BCUT2D eigenvalue weighted by atomic mass is 16.4. The predicted octanol–water partition coefficient (Wildman–Crippen LogP) is 1.28. The van der Waals surface area contributed by atoms with Gasteiger partial charge in [0.2, 0.25) is 0 Å². The molecule has 0 saturated heterocycles. The van der Waals surface area contributed by atoms with E-state index in [1.165, 1.54) is 0 Å². The van der Waals surface area contributed by atoms with Crippen molar-refractivity contribution in [3.05, 3.63) is 35.4 Å². The second-order valence-electron chi connectivity index (χ2n) is 4.46. The average Bonchev–Trinajstić information content (AvgIpc) is 2.01. The summed E-state index contributed by atoms with van der Waals surface area (Å²) in [6, 6.07) is 7.60. The summed E-state index contributed by atoms with van der Waals surface area (Å²) in [6.45, 7) is 6.21. The van der Waals surface area contributed by atoms with Crippen molar-refractivity contribution < 1.29 is 9.90 Å². The van der Waals surface area contributed by atoms with Crippen molar-refractivity contribution >= 4 is 5.97 Å². The predicted molar refractivity (Wildman–Crippen MR) is 53.9 cm³/mol. The maximum absolute atomic E-state index is 10.5. The molecule has 0 aliphatic heterocycles. The molecule has 76 valence electrons. The standard InChI is InChI=1S/C12H16O2/c1-12(2,3)10-7-5-4-6-9(10)8-11(13)14/h4-7H,8H2,1-3H3,(H,13,14)/p-1. The van der Waals surface area contributed by atoms with Gasteiger partial charge in [-0.05, 0) is 16.5 Å². The fourth-order valence-corrected chi connectivity index (χ4v) is 1.56. The molecule has 0 bridgehead atoms. The summed E-state index contributed by atoms with van der Waals surface area (Å²) in [4.78, 5) is 10.5. The van der Waals surface area contributed by atoms with E-state index in [-0.39, 0.29) is 11.8 Å². The van der Waals surface area contributed by atoms with Crippen molar-refractivity contribution in [1.29, 1.82) is 0 Å². The van der Waals surface area contributed by atoms with Gasteiger partial charge < -0.3 is 9.90 Å². The summed E-state index contributed by atoms with van der Waals surface area (Å²) in [5.74, 6) is -1.03. The highest BCUT2D eigenvalue weighted by Gasteiger charge is 2.16. The number of carbonyl (C=O) groups is 1. The van der Waals surface area contributed by atoms with Crippen molar-refractivity contribution in [2.75, 3.05) is 0 Å². The number of carboxylic acids is 1. The van der Waals surface area contributed by atoms with Crippen LogP contribution in [0.4, 0.5) is 0 Å². The lowest BCUT2D eigenvalue weighted by molar-refractivity contribution is -0.304. The van der Waals surface area contributed by atoms with Crippen LogP contribution in [-0.4, -0.2) is 5.97 Å². The number of rotatable bonds is 2. The van der Waals surface area contributed by atoms with Crippen LogP contribution < -0.4 is 5.11 Å². The van der Waals surface area contributed by atoms with Gasteiger partial charge in [0.25, 0.3) is 0 Å². The molecule has 0 atom stereocenters. The first-order chi connectivity index (χ1) is 6.41. The van der Waals surface area contributed by atoms with Gasteiger partial charge in [0.1, 0.15) is 0 Å². The zero-order valence-corrected chi connectivity index (χ0v) is 8.83. The molecule has 0 aromatic heterocycles. The zero-order chi connectivity index (χ0) is 10.8. The van der Waals surface area contributed by atoms with Gasteiger partial charge in [-0.3, -0.25) is 0 Å². The Labute approximate surface area is 84.6 Å². The molecular formula is C12H15O2-. The molecule has 1 aromatic rings. The van der Waals surface area contributed by atoms with Crippen molar-refractivity contribution in [2.45, 2.75) is 32.6 Å². The van der Waals surface area contributed by atoms with Crippen LogP contribution in [0.15, 0.2) is 24.3 Å². The number of aliphatic carboxylic acids is 1. The normalized spacial score (nSPS) is 11.4. The molecule has 14 heavy (non-hydrogen) atoms. The second-order valence-corrected chi connectivity index (χ2v) is 4.46. The molecule has 2 nitrogen and oxygen atoms in total. The topological polar surface area (TPSA) is 40.1 Å². The molecule has 0 aliphatic rings. The van der Waals surface area contributed by atoms with Crippen molar-refractivity contribution in [2.24, 2.45) is 0 Å². The van der Waals surface area contributed by atoms with Crippen molar-refractivity contribution in [3.8, 4) is 0 Å². The lowest BCUT2D eigenvalue weighted by Gasteiger charge is -2.23. The van der Waals surface area contributed by atoms with Crippen LogP contribution >= 0.6 is 0 Å². The Balaban J connectivity index is 3.10. The molecule has 0 N–H and O–H groups in total. The van der Waals surface area contributed by atoms with Gasteiger partial charge in [-0.15, -0.1) is 0 Å².